The Hall–Kier alpha value is -5.40. The summed E-state index contributed by atoms with van der Waals surface area (Å²) in [5, 5.41) is 10.3. The Morgan fingerprint density at radius 1 is 0.268 bits per heavy atom. The highest BCUT2D eigenvalue weighted by molar-refractivity contribution is 6.27. The average Bonchev–Trinajstić information content (AvgIpc) is 3.05. The van der Waals surface area contributed by atoms with Gasteiger partial charge >= 0.3 is 0 Å². The molecule has 0 bridgehead atoms. The van der Waals surface area contributed by atoms with Gasteiger partial charge in [-0.3, -0.25) is 0 Å². The molecule has 1 nitrogen and oxygen atoms in total. The molecule has 41 heavy (non-hydrogen) atoms. The summed E-state index contributed by atoms with van der Waals surface area (Å²) in [5.41, 5.74) is 5.82. The van der Waals surface area contributed by atoms with Crippen LogP contribution in [0, 0.1) is 0 Å². The molecule has 0 saturated heterocycles. The third-order valence-electron chi connectivity index (χ3n) is 8.17. The van der Waals surface area contributed by atoms with Gasteiger partial charge in [0.15, 0.2) is 0 Å². The van der Waals surface area contributed by atoms with Crippen molar-refractivity contribution in [2.45, 2.75) is 0 Å². The van der Waals surface area contributed by atoms with E-state index in [0.29, 0.717) is 0 Å². The molecule has 0 fully saturated rings. The highest BCUT2D eigenvalue weighted by atomic mass is 15.1. The summed E-state index contributed by atoms with van der Waals surface area (Å²) in [5.74, 6) is 0. The molecule has 0 aliphatic carbocycles. The molecule has 0 atom stereocenters. The van der Waals surface area contributed by atoms with Gasteiger partial charge in [0.05, 0.1) is 0 Å². The largest absolute Gasteiger partial charge is 0.310 e. The lowest BCUT2D eigenvalue weighted by molar-refractivity contribution is 1.28. The van der Waals surface area contributed by atoms with Gasteiger partial charge in [-0.2, -0.15) is 0 Å². The molecule has 0 radical (unpaired) electrons. The summed E-state index contributed by atoms with van der Waals surface area (Å²) >= 11 is 0. The Bertz CT molecular complexity index is 2160. The van der Waals surface area contributed by atoms with Crippen LogP contribution >= 0.6 is 0 Å². The van der Waals surface area contributed by atoms with Crippen molar-refractivity contribution in [3.05, 3.63) is 164 Å². The lowest BCUT2D eigenvalue weighted by Crippen LogP contribution is -2.09. The van der Waals surface area contributed by atoms with Crippen molar-refractivity contribution < 1.29 is 0 Å². The molecule has 0 N–H and O–H groups in total. The van der Waals surface area contributed by atoms with E-state index in [9.17, 15) is 0 Å². The normalized spacial score (nSPS) is 11.4. The second-order valence-corrected chi connectivity index (χ2v) is 10.6. The van der Waals surface area contributed by atoms with Crippen LogP contribution in [0.2, 0.25) is 0 Å². The van der Waals surface area contributed by atoms with Crippen LogP contribution in [-0.2, 0) is 0 Å². The molecule has 0 aromatic heterocycles. The molecule has 0 aliphatic heterocycles. The molecule has 0 spiro atoms. The first kappa shape index (κ1) is 23.5. The molecule has 8 rings (SSSR count). The minimum atomic E-state index is 1.14. The number of nitrogens with zero attached hydrogens (tertiary/aromatic N) is 1. The molecule has 0 unspecified atom stereocenters. The fourth-order valence-electron chi connectivity index (χ4n) is 6.25. The van der Waals surface area contributed by atoms with Gasteiger partial charge in [-0.1, -0.05) is 109 Å². The van der Waals surface area contributed by atoms with Crippen LogP contribution in [0.4, 0.5) is 17.1 Å². The summed E-state index contributed by atoms with van der Waals surface area (Å²) in [7, 11) is 0. The molecule has 8 aromatic rings. The molecule has 0 saturated carbocycles. The number of hydrogen-bond donors (Lipinski definition) is 0. The lowest BCUT2D eigenvalue weighted by atomic mass is 9.91. The zero-order chi connectivity index (χ0) is 27.2. The number of rotatable bonds is 4. The van der Waals surface area contributed by atoms with E-state index in [1.807, 2.05) is 0 Å². The molecule has 0 aliphatic rings. The summed E-state index contributed by atoms with van der Waals surface area (Å²) in [6, 6.07) is 59.2. The van der Waals surface area contributed by atoms with Crippen LogP contribution in [-0.4, -0.2) is 0 Å². The molecule has 192 valence electrons. The predicted molar refractivity (Wildman–Crippen MR) is 177 cm³/mol. The van der Waals surface area contributed by atoms with Crippen LogP contribution < -0.4 is 4.90 Å². The Labute approximate surface area is 239 Å². The van der Waals surface area contributed by atoms with E-state index < -0.39 is 0 Å². The van der Waals surface area contributed by atoms with Gasteiger partial charge < -0.3 is 4.90 Å². The molecule has 1 heteroatoms. The average molecular weight is 522 g/mol. The quantitative estimate of drug-likeness (QED) is 0.164. The van der Waals surface area contributed by atoms with E-state index >= 15 is 0 Å². The number of benzene rings is 8. The van der Waals surface area contributed by atoms with E-state index in [4.69, 9.17) is 0 Å². The van der Waals surface area contributed by atoms with Crippen molar-refractivity contribution in [1.82, 2.24) is 0 Å². The number of hydrogen-bond acceptors (Lipinski definition) is 1. The maximum atomic E-state index is 2.38. The highest BCUT2D eigenvalue weighted by Crippen LogP contribution is 2.39. The van der Waals surface area contributed by atoms with Crippen LogP contribution in [0.1, 0.15) is 0 Å². The van der Waals surface area contributed by atoms with Gasteiger partial charge in [0.2, 0.25) is 0 Å². The highest BCUT2D eigenvalue weighted by Gasteiger charge is 2.14. The Balaban J connectivity index is 1.30. The van der Waals surface area contributed by atoms with Crippen molar-refractivity contribution >= 4 is 60.2 Å². The summed E-state index contributed by atoms with van der Waals surface area (Å²) in [4.78, 5) is 2.31. The number of fused-ring (bicyclic) bond motifs is 7. The third kappa shape index (κ3) is 4.02. The summed E-state index contributed by atoms with van der Waals surface area (Å²) in [6.45, 7) is 0. The predicted octanol–water partition coefficient (Wildman–Crippen LogP) is 11.4. The van der Waals surface area contributed by atoms with Gasteiger partial charge in [-0.25, -0.2) is 0 Å². The number of anilines is 3. The van der Waals surface area contributed by atoms with Crippen molar-refractivity contribution in [1.29, 1.82) is 0 Å². The first-order valence-corrected chi connectivity index (χ1v) is 14.1. The van der Waals surface area contributed by atoms with E-state index in [1.54, 1.807) is 0 Å². The third-order valence-corrected chi connectivity index (χ3v) is 8.17. The molecular formula is C40H27N. The summed E-state index contributed by atoms with van der Waals surface area (Å²) < 4.78 is 0. The minimum absolute atomic E-state index is 1.14. The molecule has 0 amide bonds. The summed E-state index contributed by atoms with van der Waals surface area (Å²) in [6.07, 6.45) is 0. The van der Waals surface area contributed by atoms with E-state index in [0.717, 1.165) is 17.1 Å². The maximum Gasteiger partial charge on any atom is 0.0467 e. The van der Waals surface area contributed by atoms with Gasteiger partial charge in [-0.15, -0.1) is 0 Å². The lowest BCUT2D eigenvalue weighted by Gasteiger charge is -2.26. The molecule has 0 heterocycles. The zero-order valence-corrected chi connectivity index (χ0v) is 22.5. The SMILES string of the molecule is c1ccc(N(c2ccccc2)c2cccc(-c3ccc4cc5c6ccccc6c6ccccc6c5cc4c3)c2)cc1. The monoisotopic (exact) mass is 521 g/mol. The first-order chi connectivity index (χ1) is 20.3. The Morgan fingerprint density at radius 3 is 1.32 bits per heavy atom. The fraction of sp³-hybridized carbons (Fsp3) is 0. The van der Waals surface area contributed by atoms with Crippen molar-refractivity contribution in [2.24, 2.45) is 0 Å². The van der Waals surface area contributed by atoms with E-state index in [1.165, 1.54) is 54.2 Å². The van der Waals surface area contributed by atoms with Gasteiger partial charge in [-0.05, 0) is 109 Å². The first-order valence-electron chi connectivity index (χ1n) is 14.1. The second-order valence-electron chi connectivity index (χ2n) is 10.6. The maximum absolute atomic E-state index is 2.38. The zero-order valence-electron chi connectivity index (χ0n) is 22.5. The van der Waals surface area contributed by atoms with Gasteiger partial charge in [0.1, 0.15) is 0 Å². The van der Waals surface area contributed by atoms with Crippen LogP contribution in [0.25, 0.3) is 54.2 Å². The van der Waals surface area contributed by atoms with E-state index in [2.05, 4.69) is 169 Å². The van der Waals surface area contributed by atoms with Gasteiger partial charge in [0.25, 0.3) is 0 Å². The topological polar surface area (TPSA) is 3.24 Å². The van der Waals surface area contributed by atoms with E-state index in [-0.39, 0.29) is 0 Å². The van der Waals surface area contributed by atoms with Crippen LogP contribution in [0.5, 0.6) is 0 Å². The standard InChI is InChI=1S/C40H27N/c1-3-13-32(14-4-1)41(33-15-5-2-6-16-33)34-17-11-12-28(25-34)29-22-23-30-26-39-37-20-9-7-18-35(37)36-19-8-10-21-38(36)40(39)27-31(30)24-29/h1-27H. The Kier molecular flexibility index (Phi) is 5.53. The van der Waals surface area contributed by atoms with Crippen molar-refractivity contribution in [3.63, 3.8) is 0 Å². The Morgan fingerprint density at radius 2 is 0.732 bits per heavy atom. The van der Waals surface area contributed by atoms with Crippen LogP contribution in [0.15, 0.2) is 164 Å². The van der Waals surface area contributed by atoms with Crippen LogP contribution in [0.3, 0.4) is 0 Å². The molecular weight excluding hydrogens is 494 g/mol. The smallest absolute Gasteiger partial charge is 0.0467 e. The van der Waals surface area contributed by atoms with Gasteiger partial charge in [0, 0.05) is 17.1 Å². The fourth-order valence-corrected chi connectivity index (χ4v) is 6.25. The second kappa shape index (κ2) is 9.66. The number of para-hydroxylation sites is 2. The molecule has 8 aromatic carbocycles. The minimum Gasteiger partial charge on any atom is -0.310 e. The van der Waals surface area contributed by atoms with Crippen molar-refractivity contribution in [3.8, 4) is 11.1 Å². The van der Waals surface area contributed by atoms with Crippen molar-refractivity contribution in [2.75, 3.05) is 4.90 Å².